The van der Waals surface area contributed by atoms with Crippen LogP contribution in [-0.4, -0.2) is 40.1 Å². The van der Waals surface area contributed by atoms with Gasteiger partial charge in [0.15, 0.2) is 0 Å². The fourth-order valence-electron chi connectivity index (χ4n) is 3.17. The second-order valence-electron chi connectivity index (χ2n) is 7.15. The summed E-state index contributed by atoms with van der Waals surface area (Å²) in [7, 11) is 1.25. The highest BCUT2D eigenvalue weighted by Crippen LogP contribution is 2.31. The van der Waals surface area contributed by atoms with Gasteiger partial charge in [0.25, 0.3) is 0 Å². The zero-order valence-corrected chi connectivity index (χ0v) is 16.7. The molecule has 2 rings (SSSR count). The van der Waals surface area contributed by atoms with Gasteiger partial charge in [0.1, 0.15) is 5.82 Å². The van der Waals surface area contributed by atoms with Crippen LogP contribution in [-0.2, 0) is 9.53 Å². The molecule has 2 aromatic rings. The molecule has 28 heavy (non-hydrogen) atoms. The van der Waals surface area contributed by atoms with Gasteiger partial charge in [-0.25, -0.2) is 4.39 Å². The third kappa shape index (κ3) is 5.53. The number of rotatable bonds is 8. The number of methoxy groups -OCH3 is 1. The van der Waals surface area contributed by atoms with Gasteiger partial charge in [0.05, 0.1) is 25.7 Å². The number of carbonyl (C=O) groups excluding carboxylic acids is 1. The van der Waals surface area contributed by atoms with Crippen LogP contribution in [0.4, 0.5) is 4.39 Å². The molecule has 2 atom stereocenters. The van der Waals surface area contributed by atoms with E-state index in [4.69, 9.17) is 0 Å². The van der Waals surface area contributed by atoms with E-state index in [2.05, 4.69) is 23.2 Å². The number of benzene rings is 1. The molecule has 0 spiro atoms. The van der Waals surface area contributed by atoms with Crippen LogP contribution in [0.15, 0.2) is 36.5 Å². The highest BCUT2D eigenvalue weighted by Gasteiger charge is 2.17. The van der Waals surface area contributed by atoms with Crippen molar-refractivity contribution in [2.45, 2.75) is 51.9 Å². The summed E-state index contributed by atoms with van der Waals surface area (Å²) in [6, 6.07) is 6.53. The van der Waals surface area contributed by atoms with Gasteiger partial charge in [-0.1, -0.05) is 24.3 Å². The Morgan fingerprint density at radius 3 is 2.46 bits per heavy atom. The van der Waals surface area contributed by atoms with Gasteiger partial charge in [-0.3, -0.25) is 4.79 Å². The van der Waals surface area contributed by atoms with E-state index in [1.165, 1.54) is 19.2 Å². The molecule has 0 fully saturated rings. The van der Waals surface area contributed by atoms with E-state index in [9.17, 15) is 19.4 Å². The third-order valence-corrected chi connectivity index (χ3v) is 4.68. The summed E-state index contributed by atoms with van der Waals surface area (Å²) < 4.78 is 19.9. The van der Waals surface area contributed by atoms with E-state index in [1.807, 2.05) is 19.2 Å². The molecule has 1 heterocycles. The second-order valence-corrected chi connectivity index (χ2v) is 7.15. The lowest BCUT2D eigenvalue weighted by molar-refractivity contribution is -0.143. The van der Waals surface area contributed by atoms with E-state index < -0.39 is 18.2 Å². The maximum Gasteiger partial charge on any atom is 0.308 e. The molecule has 2 unspecified atom stereocenters. The quantitative estimate of drug-likeness (QED) is 0.673. The van der Waals surface area contributed by atoms with E-state index in [0.29, 0.717) is 0 Å². The van der Waals surface area contributed by atoms with E-state index in [-0.39, 0.29) is 24.7 Å². The lowest BCUT2D eigenvalue weighted by Gasteiger charge is -2.12. The van der Waals surface area contributed by atoms with Crippen molar-refractivity contribution in [2.75, 3.05) is 7.11 Å². The highest BCUT2D eigenvalue weighted by molar-refractivity contribution is 5.77. The smallest absolute Gasteiger partial charge is 0.308 e. The molecule has 6 heteroatoms. The Bertz CT molecular complexity index is 824. The summed E-state index contributed by atoms with van der Waals surface area (Å²) in [5.41, 5.74) is 3.75. The first-order valence-corrected chi connectivity index (χ1v) is 9.31. The van der Waals surface area contributed by atoms with Crippen LogP contribution in [0.3, 0.4) is 0 Å². The van der Waals surface area contributed by atoms with Crippen molar-refractivity contribution < 1.29 is 24.1 Å². The minimum Gasteiger partial charge on any atom is -0.469 e. The van der Waals surface area contributed by atoms with Gasteiger partial charge in [0.2, 0.25) is 0 Å². The second kappa shape index (κ2) is 9.66. The van der Waals surface area contributed by atoms with Crippen molar-refractivity contribution in [3.8, 4) is 11.1 Å². The molecule has 0 saturated carbocycles. The summed E-state index contributed by atoms with van der Waals surface area (Å²) in [4.78, 5) is 11.2. The number of hydrogen-bond donors (Lipinski definition) is 2. The number of halogens is 1. The van der Waals surface area contributed by atoms with Crippen LogP contribution in [0.2, 0.25) is 0 Å². The molecule has 0 aliphatic carbocycles. The van der Waals surface area contributed by atoms with E-state index in [1.54, 1.807) is 18.2 Å². The van der Waals surface area contributed by atoms with Crippen LogP contribution < -0.4 is 0 Å². The zero-order chi connectivity index (χ0) is 20.8. The van der Waals surface area contributed by atoms with Gasteiger partial charge in [-0.05, 0) is 38.5 Å². The fraction of sp³-hybridized carbons (Fsp3) is 0.409. The SMILES string of the molecule is COC(=O)CC(O)CC(O)/C=C/c1c(-c2ccc(F)cc2)cn(C(C)C)c1C. The molecule has 0 aliphatic rings. The van der Waals surface area contributed by atoms with Gasteiger partial charge in [0, 0.05) is 35.5 Å². The van der Waals surface area contributed by atoms with Crippen LogP contribution in [0.5, 0.6) is 0 Å². The van der Waals surface area contributed by atoms with E-state index >= 15 is 0 Å². The zero-order valence-electron chi connectivity index (χ0n) is 16.7. The van der Waals surface area contributed by atoms with Crippen LogP contribution >= 0.6 is 0 Å². The Hall–Kier alpha value is -2.44. The number of carbonyl (C=O) groups is 1. The highest BCUT2D eigenvalue weighted by atomic mass is 19.1. The summed E-state index contributed by atoms with van der Waals surface area (Å²) in [5.74, 6) is -0.817. The largest absolute Gasteiger partial charge is 0.469 e. The summed E-state index contributed by atoms with van der Waals surface area (Å²) in [6.07, 6.45) is 3.40. The van der Waals surface area contributed by atoms with Crippen LogP contribution in [0.1, 0.15) is 44.0 Å². The van der Waals surface area contributed by atoms with E-state index in [0.717, 1.165) is 22.4 Å². The van der Waals surface area contributed by atoms with Gasteiger partial charge < -0.3 is 19.5 Å². The molecule has 152 valence electrons. The Kier molecular flexibility index (Phi) is 7.54. The van der Waals surface area contributed by atoms with Crippen molar-refractivity contribution in [3.05, 3.63) is 53.6 Å². The Balaban J connectivity index is 2.27. The minimum absolute atomic E-state index is 0.0292. The Morgan fingerprint density at radius 2 is 1.89 bits per heavy atom. The number of ether oxygens (including phenoxy) is 1. The average Bonchev–Trinajstić information content (AvgIpc) is 2.97. The molecule has 0 bridgehead atoms. The molecule has 1 aromatic carbocycles. The van der Waals surface area contributed by atoms with Crippen molar-refractivity contribution >= 4 is 12.0 Å². The molecule has 0 radical (unpaired) electrons. The Morgan fingerprint density at radius 1 is 1.25 bits per heavy atom. The predicted octanol–water partition coefficient (Wildman–Crippen LogP) is 3.87. The monoisotopic (exact) mass is 389 g/mol. The molecule has 0 saturated heterocycles. The maximum atomic E-state index is 13.3. The average molecular weight is 389 g/mol. The third-order valence-electron chi connectivity index (χ3n) is 4.68. The van der Waals surface area contributed by atoms with Crippen LogP contribution in [0.25, 0.3) is 17.2 Å². The maximum absolute atomic E-state index is 13.3. The lowest BCUT2D eigenvalue weighted by Crippen LogP contribution is -2.20. The number of nitrogens with zero attached hydrogens (tertiary/aromatic N) is 1. The number of hydrogen-bond acceptors (Lipinski definition) is 4. The van der Waals surface area contributed by atoms with Crippen molar-refractivity contribution in [3.63, 3.8) is 0 Å². The molecule has 1 aromatic heterocycles. The van der Waals surface area contributed by atoms with Crippen LogP contribution in [0, 0.1) is 12.7 Å². The van der Waals surface area contributed by atoms with Gasteiger partial charge in [-0.2, -0.15) is 0 Å². The fourth-order valence-corrected chi connectivity index (χ4v) is 3.17. The molecule has 0 aliphatic heterocycles. The predicted molar refractivity (Wildman–Crippen MR) is 107 cm³/mol. The van der Waals surface area contributed by atoms with Gasteiger partial charge in [-0.15, -0.1) is 0 Å². The standard InChI is InChI=1S/C22H28FNO4/c1-14(2)24-13-21(16-5-7-17(23)8-6-16)20(15(24)3)10-9-18(25)11-19(26)12-22(27)28-4/h5-10,13-14,18-19,25-26H,11-12H2,1-4H3/b10-9+. The first-order valence-electron chi connectivity index (χ1n) is 9.31. The number of aliphatic hydroxyl groups is 2. The minimum atomic E-state index is -0.981. The number of aromatic nitrogens is 1. The topological polar surface area (TPSA) is 71.7 Å². The Labute approximate surface area is 165 Å². The molecule has 5 nitrogen and oxygen atoms in total. The first kappa shape index (κ1) is 21.9. The van der Waals surface area contributed by atoms with Gasteiger partial charge >= 0.3 is 5.97 Å². The summed E-state index contributed by atoms with van der Waals surface area (Å²) >= 11 is 0. The molecule has 2 N–H and O–H groups in total. The summed E-state index contributed by atoms with van der Waals surface area (Å²) in [5, 5.41) is 20.1. The number of esters is 1. The molecular formula is C22H28FNO4. The summed E-state index contributed by atoms with van der Waals surface area (Å²) in [6.45, 7) is 6.14. The van der Waals surface area contributed by atoms with Crippen molar-refractivity contribution in [1.82, 2.24) is 4.57 Å². The normalized spacial score (nSPS) is 13.9. The van der Waals surface area contributed by atoms with Crippen molar-refractivity contribution in [1.29, 1.82) is 0 Å². The molecular weight excluding hydrogens is 361 g/mol. The first-order chi connectivity index (χ1) is 13.2. The lowest BCUT2D eigenvalue weighted by atomic mass is 10.0. The number of aliphatic hydroxyl groups excluding tert-OH is 2. The van der Waals surface area contributed by atoms with Crippen molar-refractivity contribution in [2.24, 2.45) is 0 Å². The molecule has 0 amide bonds.